The van der Waals surface area contributed by atoms with E-state index in [1.54, 1.807) is 72.0 Å². The van der Waals surface area contributed by atoms with Crippen molar-refractivity contribution in [3.8, 4) is 5.75 Å². The van der Waals surface area contributed by atoms with Crippen LogP contribution in [0.1, 0.15) is 124 Å². The van der Waals surface area contributed by atoms with Crippen molar-refractivity contribution in [2.24, 2.45) is 67.9 Å². The summed E-state index contributed by atoms with van der Waals surface area (Å²) >= 11 is 4.15. The second-order valence-corrected chi connectivity index (χ2v) is 27.3. The first-order valence-electron chi connectivity index (χ1n) is 34.9. The molecule has 0 saturated carbocycles. The Hall–Kier alpha value is -10.3. The Morgan fingerprint density at radius 2 is 0.943 bits per heavy atom. The lowest BCUT2D eigenvalue weighted by Gasteiger charge is -2.29. The summed E-state index contributed by atoms with van der Waals surface area (Å²) in [6.45, 7) is 10.9. The summed E-state index contributed by atoms with van der Waals surface area (Å²) in [4.78, 5) is 191. The fraction of sp³-hybridized carbons (Fsp3) is 0.574. The molecule has 0 unspecified atom stereocenters. The molecule has 0 saturated heterocycles. The molecule has 12 atom stereocenters. The molecule has 29 N–H and O–H groups in total. The number of aliphatic carboxylic acids is 1. The predicted molar refractivity (Wildman–Crippen MR) is 398 cm³/mol. The number of carbonyl (C=O) groups excluding carboxylic acids is 12. The number of carboxylic acid groups (broad SMARTS) is 1. The van der Waals surface area contributed by atoms with Gasteiger partial charge in [-0.2, -0.15) is 12.6 Å². The third kappa shape index (κ3) is 32.4. The minimum atomic E-state index is -1.74. The van der Waals surface area contributed by atoms with Crippen molar-refractivity contribution in [2.75, 3.05) is 31.9 Å². The largest absolute Gasteiger partial charge is 0.508 e. The molecule has 3 rings (SSSR count). The van der Waals surface area contributed by atoms with Gasteiger partial charge in [0.05, 0.1) is 19.1 Å². The van der Waals surface area contributed by atoms with E-state index in [1.807, 2.05) is 0 Å². The van der Waals surface area contributed by atoms with Crippen LogP contribution in [0.2, 0.25) is 0 Å². The Bertz CT molecular complexity index is 3510. The number of benzene rings is 2. The monoisotopic (exact) mass is 1510 g/mol. The second kappa shape index (κ2) is 45.8. The van der Waals surface area contributed by atoms with E-state index in [0.717, 1.165) is 0 Å². The van der Waals surface area contributed by atoms with Gasteiger partial charge in [-0.25, -0.2) is 4.79 Å². The number of phenolic OH excluding ortho intramolecular Hbond substituents is 1. The summed E-state index contributed by atoms with van der Waals surface area (Å²) in [6, 6.07) is -3.28. The van der Waals surface area contributed by atoms with Crippen molar-refractivity contribution in [3.05, 3.63) is 65.9 Å². The molecule has 38 heteroatoms. The molecule has 3 aromatic rings. The maximum atomic E-state index is 14.9. The molecule has 0 aliphatic carbocycles. The predicted octanol–water partition coefficient (Wildman–Crippen LogP) is -4.79. The lowest BCUT2D eigenvalue weighted by Crippen LogP contribution is -2.61. The Labute approximate surface area is 620 Å². The number of aliphatic hydroxyl groups is 1. The number of carboxylic acids is 1. The van der Waals surface area contributed by atoms with Crippen molar-refractivity contribution < 1.29 is 77.6 Å². The number of nitrogens with one attached hydrogen (secondary N) is 12. The highest BCUT2D eigenvalue weighted by Crippen LogP contribution is 2.21. The second-order valence-electron chi connectivity index (χ2n) is 26.9. The van der Waals surface area contributed by atoms with Gasteiger partial charge in [-0.05, 0) is 118 Å². The summed E-state index contributed by atoms with van der Waals surface area (Å²) in [6.07, 6.45) is -0.623. The number of primary amides is 1. The molecule has 2 aromatic carbocycles. The number of aliphatic hydroxyl groups excluding tert-OH is 1. The lowest BCUT2D eigenvalue weighted by molar-refractivity contribution is -0.144. The number of aromatic hydroxyl groups is 1. The average molecular weight is 1510 g/mol. The third-order valence-corrected chi connectivity index (χ3v) is 16.9. The van der Waals surface area contributed by atoms with E-state index >= 15 is 0 Å². The molecule has 37 nitrogen and oxygen atoms in total. The number of H-pyrrole nitrogens is 1. The Balaban J connectivity index is 2.06. The Kier molecular flexibility index (Phi) is 38.8. The first kappa shape index (κ1) is 89.9. The van der Waals surface area contributed by atoms with Crippen LogP contribution in [0.3, 0.4) is 0 Å². The number of aromatic nitrogens is 1. The number of fused-ring (bicyclic) bond motifs is 1. The van der Waals surface area contributed by atoms with E-state index in [0.29, 0.717) is 28.5 Å². The number of guanidine groups is 2. The van der Waals surface area contributed by atoms with Gasteiger partial charge in [-0.3, -0.25) is 67.5 Å². The fourth-order valence-corrected chi connectivity index (χ4v) is 11.1. The lowest BCUT2D eigenvalue weighted by atomic mass is 9.99. The van der Waals surface area contributed by atoms with Crippen LogP contribution in [0, 0.1) is 17.8 Å². The minimum Gasteiger partial charge on any atom is -0.508 e. The van der Waals surface area contributed by atoms with E-state index in [1.165, 1.54) is 31.2 Å². The van der Waals surface area contributed by atoms with Crippen molar-refractivity contribution in [3.63, 3.8) is 0 Å². The first-order valence-corrected chi connectivity index (χ1v) is 35.6. The van der Waals surface area contributed by atoms with E-state index in [-0.39, 0.29) is 119 Å². The molecule has 1 aromatic heterocycles. The highest BCUT2D eigenvalue weighted by Gasteiger charge is 2.37. The number of para-hydroxylation sites is 1. The summed E-state index contributed by atoms with van der Waals surface area (Å²) in [5.41, 5.74) is 40.9. The molecule has 0 fully saturated rings. The van der Waals surface area contributed by atoms with Crippen molar-refractivity contribution in [1.29, 1.82) is 0 Å². The van der Waals surface area contributed by atoms with Crippen LogP contribution in [0.4, 0.5) is 0 Å². The number of nitrogens with zero attached hydrogens (tertiary/aromatic N) is 2. The summed E-state index contributed by atoms with van der Waals surface area (Å²) in [7, 11) is 0. The van der Waals surface area contributed by atoms with E-state index < -0.39 is 168 Å². The summed E-state index contributed by atoms with van der Waals surface area (Å²) < 4.78 is 0. The highest BCUT2D eigenvalue weighted by molar-refractivity contribution is 7.80. The SMILES string of the molecule is CC(C)C[C@H](NC(=O)[C@H](Cc1c[nH]c2ccccc12)NC(=O)CNC(=O)[C@@H](NC(=O)[C@H](CS)NC(=O)[C@@H](N)[C@@H](C)O)C(C)C)C(=O)N[C@@H](CCCN=C(N)N)C(=O)N[C@@H](CCCN=C(N)N)C(=O)N[C@@H](Cc1ccc(O)cc1)C(=O)N[C@@H](CC(C)C)C(=O)N[C@@H](CCCCN)C(=O)N[C@@H](CC(N)=O)C(=O)O. The zero-order valence-electron chi connectivity index (χ0n) is 60.9. The normalized spacial score (nSPS) is 14.6. The van der Waals surface area contributed by atoms with Crippen LogP contribution in [-0.2, 0) is 75.2 Å². The average Bonchev–Trinajstić information content (AvgIpc) is 1.71. The van der Waals surface area contributed by atoms with Gasteiger partial charge in [-0.15, -0.1) is 0 Å². The van der Waals surface area contributed by atoms with E-state index in [2.05, 4.69) is 86.1 Å². The molecule has 0 aliphatic rings. The number of amides is 12. The fourth-order valence-electron chi connectivity index (χ4n) is 10.8. The van der Waals surface area contributed by atoms with Gasteiger partial charge >= 0.3 is 5.97 Å². The first-order chi connectivity index (χ1) is 49.9. The van der Waals surface area contributed by atoms with Gasteiger partial charge < -0.3 is 119 Å². The zero-order valence-corrected chi connectivity index (χ0v) is 61.8. The number of hydrogen-bond acceptors (Lipinski definition) is 20. The molecule has 588 valence electrons. The van der Waals surface area contributed by atoms with Crippen molar-refractivity contribution >= 4 is 112 Å². The molecule has 12 amide bonds. The van der Waals surface area contributed by atoms with Crippen LogP contribution >= 0.6 is 12.6 Å². The molecule has 1 heterocycles. The van der Waals surface area contributed by atoms with Gasteiger partial charge in [0.15, 0.2) is 11.9 Å². The van der Waals surface area contributed by atoms with Gasteiger partial charge in [0, 0.05) is 48.8 Å². The molecule has 0 bridgehead atoms. The topological polar surface area (TPSA) is 638 Å². The Morgan fingerprint density at radius 3 is 1.40 bits per heavy atom. The number of nitrogens with two attached hydrogens (primary N) is 7. The molecule has 0 radical (unpaired) electrons. The van der Waals surface area contributed by atoms with Crippen molar-refractivity contribution in [2.45, 2.75) is 198 Å². The quantitative estimate of drug-likeness (QED) is 0.0109. The van der Waals surface area contributed by atoms with E-state index in [9.17, 15) is 77.6 Å². The van der Waals surface area contributed by atoms with Crippen LogP contribution < -0.4 is 98.6 Å². The third-order valence-electron chi connectivity index (χ3n) is 16.5. The highest BCUT2D eigenvalue weighted by atomic mass is 32.1. The van der Waals surface area contributed by atoms with Crippen LogP contribution in [-0.4, -0.2) is 214 Å². The van der Waals surface area contributed by atoms with Gasteiger partial charge in [-0.1, -0.05) is 71.9 Å². The van der Waals surface area contributed by atoms with Crippen LogP contribution in [0.5, 0.6) is 5.75 Å². The molecule has 0 aliphatic heterocycles. The minimum absolute atomic E-state index is 0.0307. The summed E-state index contributed by atoms with van der Waals surface area (Å²) in [5.74, 6) is -14.6. The molecular formula is C68H109N21O16S. The zero-order chi connectivity index (χ0) is 79.5. The molecular weight excluding hydrogens is 1400 g/mol. The number of unbranched alkanes of at least 4 members (excludes halogenated alkanes) is 1. The number of rotatable bonds is 48. The summed E-state index contributed by atoms with van der Waals surface area (Å²) in [5, 5.41) is 58.8. The van der Waals surface area contributed by atoms with Crippen LogP contribution in [0.25, 0.3) is 10.9 Å². The number of carbonyl (C=O) groups is 13. The standard InChI is InChI=1S/C68H109N21O16S/c1-34(2)26-46(59(97)82-43(16-10-11-23-69)58(96)87-50(66(104)105)30-52(70)92)84-61(99)48(28-38-19-21-40(91)22-20-38)86-57(95)45(18-13-25-77-68(74)75)81-56(94)44(17-12-24-76-67(72)73)83-60(98)47(27-35(3)4)85-62(100)49(29-39-31-78-42-15-9-8-14-41(39)42)80-53(93)32-79-65(103)55(36(5)6)89-63(101)51(33-106)88-64(102)54(71)37(7)90/h8-9,14-15,19-22,31,34-37,43-51,54-55,78,90-91,106H,10-13,16-18,23-30,32-33,69,71H2,1-7H3,(H2,70,92)(H,79,103)(H,80,93)(H,81,94)(H,82,97)(H,83,98)(H,84,99)(H,85,100)(H,86,95)(H,87,96)(H,88,102)(H,89,101)(H,104,105)(H4,72,73,76)(H4,74,75,77)/t37-,43+,44+,45+,46+,47+,48+,49+,50+,51+,54+,55+/m1/s1. The van der Waals surface area contributed by atoms with Crippen LogP contribution in [0.15, 0.2) is 64.7 Å². The van der Waals surface area contributed by atoms with Gasteiger partial charge in [0.2, 0.25) is 70.9 Å². The number of hydrogen-bond donors (Lipinski definition) is 23. The Morgan fingerprint density at radius 1 is 0.509 bits per heavy atom. The maximum absolute atomic E-state index is 14.9. The number of aliphatic imine (C=N–C) groups is 2. The van der Waals surface area contributed by atoms with Crippen molar-refractivity contribution in [1.82, 2.24) is 63.5 Å². The molecule has 106 heavy (non-hydrogen) atoms. The number of thiol groups is 1. The molecule has 0 spiro atoms. The smallest absolute Gasteiger partial charge is 0.326 e. The number of phenols is 1. The maximum Gasteiger partial charge on any atom is 0.326 e. The number of aromatic amines is 1. The van der Waals surface area contributed by atoms with Gasteiger partial charge in [0.25, 0.3) is 0 Å². The van der Waals surface area contributed by atoms with E-state index in [4.69, 9.17) is 40.1 Å². The van der Waals surface area contributed by atoms with Gasteiger partial charge in [0.1, 0.15) is 72.2 Å².